The third-order valence-electron chi connectivity index (χ3n) is 8.37. The van der Waals surface area contributed by atoms with Crippen molar-refractivity contribution in [3.8, 4) is 17.0 Å². The number of carbonyl (C=O) groups is 3. The summed E-state index contributed by atoms with van der Waals surface area (Å²) in [7, 11) is 0. The van der Waals surface area contributed by atoms with Crippen LogP contribution in [0.25, 0.3) is 22.2 Å². The number of urea groups is 1. The van der Waals surface area contributed by atoms with Crippen molar-refractivity contribution in [1.82, 2.24) is 15.3 Å². The van der Waals surface area contributed by atoms with Gasteiger partial charge in [0.05, 0.1) is 36.2 Å². The van der Waals surface area contributed by atoms with E-state index in [-0.39, 0.29) is 37.0 Å². The van der Waals surface area contributed by atoms with E-state index in [1.165, 1.54) is 31.2 Å². The van der Waals surface area contributed by atoms with E-state index in [0.717, 1.165) is 0 Å². The SMILES string of the molecule is C[C@](O)(CCC(=O)c1cc(NC(=O)NC2COC2)c2ncccc2c1)c1cc2c(c(-c3ccc(F)cc3)n1)OC[C@]2(C)C(N)=O. The number of halogens is 1. The Hall–Kier alpha value is -4.94. The van der Waals surface area contributed by atoms with Gasteiger partial charge in [0, 0.05) is 34.7 Å². The third kappa shape index (κ3) is 5.81. The first-order chi connectivity index (χ1) is 21.4. The topological polar surface area (TPSA) is 166 Å². The maximum Gasteiger partial charge on any atom is 0.319 e. The van der Waals surface area contributed by atoms with Gasteiger partial charge in [-0.15, -0.1) is 0 Å². The second kappa shape index (κ2) is 11.5. The lowest BCUT2D eigenvalue weighted by Crippen LogP contribution is -2.50. The van der Waals surface area contributed by atoms with Crippen LogP contribution in [0.2, 0.25) is 0 Å². The molecule has 11 nitrogen and oxygen atoms in total. The summed E-state index contributed by atoms with van der Waals surface area (Å²) in [6.45, 7) is 4.04. The first kappa shape index (κ1) is 30.1. The van der Waals surface area contributed by atoms with Crippen molar-refractivity contribution in [2.24, 2.45) is 5.73 Å². The largest absolute Gasteiger partial charge is 0.489 e. The standard InChI is InChI=1S/C33H32FN5O6/c1-32(30(35)41)17-45-29-23(32)14-26(39-28(29)18-5-7-21(34)8-6-18)33(2,43)10-9-25(40)20-12-19-4-3-11-36-27(19)24(13-20)38-31(42)37-22-15-44-16-22/h3-8,11-14,22,43H,9-10,15-17H2,1-2H3,(H2,35,41)(H2,37,38,42)/t32-,33-/m0/s1. The normalized spacial score (nSPS) is 18.8. The summed E-state index contributed by atoms with van der Waals surface area (Å²) in [6.07, 6.45) is 1.50. The number of primary amides is 1. The molecule has 2 aromatic carbocycles. The Morgan fingerprint density at radius 2 is 1.91 bits per heavy atom. The zero-order chi connectivity index (χ0) is 31.9. The number of nitrogens with two attached hydrogens (primary N) is 1. The summed E-state index contributed by atoms with van der Waals surface area (Å²) >= 11 is 0. The van der Waals surface area contributed by atoms with Crippen LogP contribution in [-0.2, 0) is 20.5 Å². The van der Waals surface area contributed by atoms with E-state index in [0.29, 0.717) is 57.9 Å². The van der Waals surface area contributed by atoms with E-state index in [4.69, 9.17) is 15.2 Å². The molecule has 1 fully saturated rings. The number of fused-ring (bicyclic) bond motifs is 2. The molecule has 12 heteroatoms. The fourth-order valence-corrected chi connectivity index (χ4v) is 5.41. The van der Waals surface area contributed by atoms with Crippen molar-refractivity contribution in [2.45, 2.75) is 43.7 Å². The average molecular weight is 614 g/mol. The van der Waals surface area contributed by atoms with Crippen LogP contribution in [0.3, 0.4) is 0 Å². The molecule has 232 valence electrons. The quantitative estimate of drug-likeness (QED) is 0.206. The van der Waals surface area contributed by atoms with Crippen molar-refractivity contribution < 1.29 is 33.4 Å². The van der Waals surface area contributed by atoms with Crippen LogP contribution in [0, 0.1) is 5.82 Å². The number of nitrogens with one attached hydrogen (secondary N) is 2. The lowest BCUT2D eigenvalue weighted by atomic mass is 9.81. The van der Waals surface area contributed by atoms with E-state index < -0.39 is 28.8 Å². The van der Waals surface area contributed by atoms with Crippen molar-refractivity contribution in [1.29, 1.82) is 0 Å². The van der Waals surface area contributed by atoms with E-state index in [2.05, 4.69) is 20.6 Å². The van der Waals surface area contributed by atoms with Gasteiger partial charge in [-0.3, -0.25) is 14.6 Å². The monoisotopic (exact) mass is 613 g/mol. The highest BCUT2D eigenvalue weighted by Gasteiger charge is 2.45. The number of aliphatic hydroxyl groups is 1. The molecular weight excluding hydrogens is 581 g/mol. The molecule has 6 rings (SSSR count). The number of aromatic nitrogens is 2. The summed E-state index contributed by atoms with van der Waals surface area (Å²) in [5.74, 6) is -0.987. The number of amides is 3. The summed E-state index contributed by atoms with van der Waals surface area (Å²) in [6, 6.07) is 13.5. The molecule has 5 N–H and O–H groups in total. The Morgan fingerprint density at radius 3 is 2.60 bits per heavy atom. The van der Waals surface area contributed by atoms with Gasteiger partial charge in [0.2, 0.25) is 5.91 Å². The van der Waals surface area contributed by atoms with Crippen LogP contribution in [0.4, 0.5) is 14.9 Å². The number of ether oxygens (including phenoxy) is 2. The Kier molecular flexibility index (Phi) is 7.71. The predicted molar refractivity (Wildman–Crippen MR) is 163 cm³/mol. The van der Waals surface area contributed by atoms with E-state index in [1.54, 1.807) is 43.5 Å². The van der Waals surface area contributed by atoms with Gasteiger partial charge in [-0.1, -0.05) is 6.07 Å². The molecule has 2 aromatic heterocycles. The number of benzene rings is 2. The van der Waals surface area contributed by atoms with Crippen LogP contribution in [0.15, 0.2) is 60.8 Å². The Morgan fingerprint density at radius 1 is 1.16 bits per heavy atom. The van der Waals surface area contributed by atoms with E-state index >= 15 is 0 Å². The first-order valence-electron chi connectivity index (χ1n) is 14.5. The Labute approximate surface area is 258 Å². The molecule has 0 saturated carbocycles. The molecule has 2 aliphatic heterocycles. The van der Waals surface area contributed by atoms with E-state index in [9.17, 15) is 23.9 Å². The zero-order valence-electron chi connectivity index (χ0n) is 24.7. The smallest absolute Gasteiger partial charge is 0.319 e. The van der Waals surface area contributed by atoms with Gasteiger partial charge >= 0.3 is 6.03 Å². The van der Waals surface area contributed by atoms with Crippen LogP contribution >= 0.6 is 0 Å². The summed E-state index contributed by atoms with van der Waals surface area (Å²) in [5.41, 5.74) is 5.68. The van der Waals surface area contributed by atoms with Crippen LogP contribution in [0.1, 0.15) is 48.3 Å². The van der Waals surface area contributed by atoms with E-state index in [1.807, 2.05) is 0 Å². The number of hydrogen-bond acceptors (Lipinski definition) is 8. The lowest BCUT2D eigenvalue weighted by molar-refractivity contribution is -0.123. The molecule has 4 aromatic rings. The van der Waals surface area contributed by atoms with Gasteiger partial charge in [0.15, 0.2) is 5.78 Å². The van der Waals surface area contributed by atoms with Crippen LogP contribution < -0.4 is 21.1 Å². The van der Waals surface area contributed by atoms with Gasteiger partial charge in [-0.2, -0.15) is 0 Å². The summed E-state index contributed by atoms with van der Waals surface area (Å²) < 4.78 is 24.7. The fraction of sp³-hybridized carbons (Fsp3) is 0.303. The molecule has 0 spiro atoms. The molecule has 2 aliphatic rings. The molecule has 0 radical (unpaired) electrons. The highest BCUT2D eigenvalue weighted by molar-refractivity contribution is 6.06. The third-order valence-corrected chi connectivity index (χ3v) is 8.37. The summed E-state index contributed by atoms with van der Waals surface area (Å²) in [4.78, 5) is 47.7. The van der Waals surface area contributed by atoms with Crippen molar-refractivity contribution >= 4 is 34.3 Å². The minimum Gasteiger partial charge on any atom is -0.489 e. The number of hydrogen-bond donors (Lipinski definition) is 4. The molecule has 4 heterocycles. The first-order valence-corrected chi connectivity index (χ1v) is 14.5. The molecular formula is C33H32FN5O6. The molecule has 2 atom stereocenters. The van der Waals surface area contributed by atoms with Crippen LogP contribution in [0.5, 0.6) is 5.75 Å². The van der Waals surface area contributed by atoms with Gasteiger partial charge in [0.25, 0.3) is 0 Å². The molecule has 0 aliphatic carbocycles. The maximum absolute atomic E-state index is 13.7. The fourth-order valence-electron chi connectivity index (χ4n) is 5.41. The number of pyridine rings is 2. The van der Waals surface area contributed by atoms with Crippen LogP contribution in [-0.4, -0.2) is 58.7 Å². The second-order valence-corrected chi connectivity index (χ2v) is 11.9. The van der Waals surface area contributed by atoms with Gasteiger partial charge in [-0.25, -0.2) is 14.2 Å². The number of rotatable bonds is 9. The lowest BCUT2D eigenvalue weighted by Gasteiger charge is -2.27. The average Bonchev–Trinajstić information content (AvgIpc) is 3.35. The highest BCUT2D eigenvalue weighted by atomic mass is 19.1. The number of ketones is 1. The minimum atomic E-state index is -1.62. The second-order valence-electron chi connectivity index (χ2n) is 11.9. The number of Topliss-reactive ketones (excluding diaryl/α,β-unsaturated/α-hetero) is 1. The highest BCUT2D eigenvalue weighted by Crippen LogP contribution is 2.46. The van der Waals surface area contributed by atoms with Crippen molar-refractivity contribution in [3.63, 3.8) is 0 Å². The molecule has 45 heavy (non-hydrogen) atoms. The predicted octanol–water partition coefficient (Wildman–Crippen LogP) is 3.96. The Bertz CT molecular complexity index is 1820. The number of anilines is 1. The molecule has 0 unspecified atom stereocenters. The number of nitrogens with zero attached hydrogens (tertiary/aromatic N) is 2. The molecule has 3 amide bonds. The molecule has 1 saturated heterocycles. The minimum absolute atomic E-state index is 0.0166. The van der Waals surface area contributed by atoms with Gasteiger partial charge < -0.3 is 30.9 Å². The van der Waals surface area contributed by atoms with Gasteiger partial charge in [0.1, 0.15) is 34.9 Å². The van der Waals surface area contributed by atoms with Crippen molar-refractivity contribution in [2.75, 3.05) is 25.1 Å². The maximum atomic E-state index is 13.7. The Balaban J connectivity index is 1.28. The zero-order valence-corrected chi connectivity index (χ0v) is 24.7. The summed E-state index contributed by atoms with van der Waals surface area (Å²) in [5, 5.41) is 17.9. The number of carbonyl (C=O) groups excluding carboxylic acids is 3. The molecule has 0 bridgehead atoms. The van der Waals surface area contributed by atoms with Gasteiger partial charge in [-0.05, 0) is 68.8 Å². The van der Waals surface area contributed by atoms with Crippen molar-refractivity contribution in [3.05, 3.63) is 83.4 Å².